The van der Waals surface area contributed by atoms with E-state index >= 15 is 0 Å². The molecule has 118 valence electrons. The predicted molar refractivity (Wildman–Crippen MR) is 89.3 cm³/mol. The number of nitrogens with zero attached hydrogens (tertiary/aromatic N) is 2. The number of halogens is 2. The van der Waals surface area contributed by atoms with Gasteiger partial charge < -0.3 is 9.84 Å². The van der Waals surface area contributed by atoms with Gasteiger partial charge in [-0.15, -0.1) is 23.7 Å². The molecule has 0 radical (unpaired) electrons. The molecule has 0 aliphatic heterocycles. The molecule has 7 heteroatoms. The zero-order valence-corrected chi connectivity index (χ0v) is 14.1. The van der Waals surface area contributed by atoms with Gasteiger partial charge in [0.25, 0.3) is 5.89 Å². The highest BCUT2D eigenvalue weighted by atomic mass is 35.5. The van der Waals surface area contributed by atoms with E-state index in [0.717, 1.165) is 15.1 Å². The first-order valence-electron chi connectivity index (χ1n) is 6.78. The Kier molecular flexibility index (Phi) is 5.16. The SMILES string of the molecule is CNC(C)Cc1noc(-c2sc3cccc(F)c3c2C)n1.Cl. The summed E-state index contributed by atoms with van der Waals surface area (Å²) in [6, 6.07) is 5.36. The maximum absolute atomic E-state index is 13.9. The highest BCUT2D eigenvalue weighted by molar-refractivity contribution is 7.22. The molecule has 0 amide bonds. The molecule has 4 nitrogen and oxygen atoms in total. The van der Waals surface area contributed by atoms with Crippen molar-refractivity contribution in [3.05, 3.63) is 35.4 Å². The summed E-state index contributed by atoms with van der Waals surface area (Å²) in [5, 5.41) is 7.77. The number of nitrogens with one attached hydrogen (secondary N) is 1. The minimum Gasteiger partial charge on any atom is -0.333 e. The number of aromatic nitrogens is 2. The van der Waals surface area contributed by atoms with Crippen molar-refractivity contribution in [3.8, 4) is 10.8 Å². The number of fused-ring (bicyclic) bond motifs is 1. The summed E-state index contributed by atoms with van der Waals surface area (Å²) < 4.78 is 20.2. The Labute approximate surface area is 138 Å². The van der Waals surface area contributed by atoms with E-state index < -0.39 is 0 Å². The van der Waals surface area contributed by atoms with Crippen molar-refractivity contribution in [3.63, 3.8) is 0 Å². The standard InChI is InChI=1S/C15H16FN3OS.ClH/c1-8(17-3)7-12-18-15(20-19-12)14-9(2)13-10(16)5-4-6-11(13)21-14;/h4-6,8,17H,7H2,1-3H3;1H. The smallest absolute Gasteiger partial charge is 0.268 e. The first-order valence-corrected chi connectivity index (χ1v) is 7.59. The Morgan fingerprint density at radius 2 is 2.18 bits per heavy atom. The van der Waals surface area contributed by atoms with Crippen molar-refractivity contribution >= 4 is 33.8 Å². The molecule has 2 aromatic heterocycles. The van der Waals surface area contributed by atoms with Gasteiger partial charge >= 0.3 is 0 Å². The van der Waals surface area contributed by atoms with E-state index in [-0.39, 0.29) is 24.3 Å². The Morgan fingerprint density at radius 1 is 1.41 bits per heavy atom. The van der Waals surface area contributed by atoms with Gasteiger partial charge in [-0.2, -0.15) is 4.98 Å². The minimum absolute atomic E-state index is 0. The average Bonchev–Trinajstić information content (AvgIpc) is 3.04. The molecule has 22 heavy (non-hydrogen) atoms. The summed E-state index contributed by atoms with van der Waals surface area (Å²) in [5.74, 6) is 0.909. The molecule has 0 aliphatic carbocycles. The van der Waals surface area contributed by atoms with Crippen molar-refractivity contribution in [1.29, 1.82) is 0 Å². The minimum atomic E-state index is -0.212. The van der Waals surface area contributed by atoms with Crippen LogP contribution in [0.1, 0.15) is 18.3 Å². The van der Waals surface area contributed by atoms with Crippen LogP contribution in [0.15, 0.2) is 22.7 Å². The molecule has 3 rings (SSSR count). The van der Waals surface area contributed by atoms with Crippen molar-refractivity contribution in [1.82, 2.24) is 15.5 Å². The van der Waals surface area contributed by atoms with E-state index in [1.54, 1.807) is 6.07 Å². The fraction of sp³-hybridized carbons (Fsp3) is 0.333. The molecule has 0 saturated heterocycles. The largest absolute Gasteiger partial charge is 0.333 e. The van der Waals surface area contributed by atoms with Crippen LogP contribution in [0.3, 0.4) is 0 Å². The summed E-state index contributed by atoms with van der Waals surface area (Å²) in [5.41, 5.74) is 0.852. The monoisotopic (exact) mass is 341 g/mol. The van der Waals surface area contributed by atoms with Gasteiger partial charge in [0.15, 0.2) is 5.82 Å². The van der Waals surface area contributed by atoms with E-state index in [0.29, 0.717) is 23.5 Å². The summed E-state index contributed by atoms with van der Waals surface area (Å²) in [6.07, 6.45) is 0.693. The lowest BCUT2D eigenvalue weighted by Gasteiger charge is -2.04. The molecule has 1 unspecified atom stereocenters. The molecular formula is C15H17ClFN3OS. The van der Waals surface area contributed by atoms with Crippen LogP contribution in [-0.2, 0) is 6.42 Å². The maximum atomic E-state index is 13.9. The Hall–Kier alpha value is -1.50. The number of benzene rings is 1. The average molecular weight is 342 g/mol. The zero-order chi connectivity index (χ0) is 15.0. The number of hydrogen-bond donors (Lipinski definition) is 1. The second-order valence-corrected chi connectivity index (χ2v) is 6.13. The number of aryl methyl sites for hydroxylation is 1. The van der Waals surface area contributed by atoms with Crippen LogP contribution >= 0.6 is 23.7 Å². The number of rotatable bonds is 4. The maximum Gasteiger partial charge on any atom is 0.268 e. The first-order chi connectivity index (χ1) is 10.1. The highest BCUT2D eigenvalue weighted by Gasteiger charge is 2.18. The molecule has 0 aliphatic rings. The second-order valence-electron chi connectivity index (χ2n) is 5.08. The van der Waals surface area contributed by atoms with E-state index in [9.17, 15) is 4.39 Å². The van der Waals surface area contributed by atoms with Gasteiger partial charge in [-0.3, -0.25) is 0 Å². The van der Waals surface area contributed by atoms with Gasteiger partial charge in [-0.05, 0) is 38.6 Å². The first kappa shape index (κ1) is 16.9. The normalized spacial score (nSPS) is 12.4. The number of hydrogen-bond acceptors (Lipinski definition) is 5. The molecule has 1 aromatic carbocycles. The van der Waals surface area contributed by atoms with Gasteiger partial charge in [0, 0.05) is 22.5 Å². The van der Waals surface area contributed by atoms with Crippen LogP contribution in [0.25, 0.3) is 20.9 Å². The molecular weight excluding hydrogens is 325 g/mol. The van der Waals surface area contributed by atoms with Crippen LogP contribution in [-0.4, -0.2) is 23.2 Å². The van der Waals surface area contributed by atoms with Crippen LogP contribution in [0.4, 0.5) is 4.39 Å². The topological polar surface area (TPSA) is 51.0 Å². The Balaban J connectivity index is 0.00000176. The molecule has 2 heterocycles. The van der Waals surface area contributed by atoms with E-state index in [1.807, 2.05) is 20.0 Å². The molecule has 0 bridgehead atoms. The van der Waals surface area contributed by atoms with Crippen molar-refractivity contribution in [2.45, 2.75) is 26.3 Å². The summed E-state index contributed by atoms with van der Waals surface area (Å²) >= 11 is 1.48. The molecule has 1 atom stereocenters. The number of thiophene rings is 1. The lowest BCUT2D eigenvalue weighted by atomic mass is 10.1. The van der Waals surface area contributed by atoms with Gasteiger partial charge in [0.1, 0.15) is 5.82 Å². The van der Waals surface area contributed by atoms with Crippen LogP contribution in [0.5, 0.6) is 0 Å². The van der Waals surface area contributed by atoms with Gasteiger partial charge in [-0.25, -0.2) is 4.39 Å². The Bertz CT molecular complexity index is 786. The summed E-state index contributed by atoms with van der Waals surface area (Å²) in [4.78, 5) is 5.26. The van der Waals surface area contributed by atoms with E-state index in [4.69, 9.17) is 4.52 Å². The molecule has 3 aromatic rings. The van der Waals surface area contributed by atoms with Crippen molar-refractivity contribution in [2.75, 3.05) is 7.05 Å². The third-order valence-corrected chi connectivity index (χ3v) is 4.79. The number of likely N-dealkylation sites (N-methyl/N-ethyl adjacent to an activating group) is 1. The van der Waals surface area contributed by atoms with Crippen LogP contribution in [0, 0.1) is 12.7 Å². The zero-order valence-electron chi connectivity index (χ0n) is 12.5. The van der Waals surface area contributed by atoms with Crippen LogP contribution in [0.2, 0.25) is 0 Å². The van der Waals surface area contributed by atoms with Crippen molar-refractivity contribution in [2.24, 2.45) is 0 Å². The van der Waals surface area contributed by atoms with Crippen molar-refractivity contribution < 1.29 is 8.91 Å². The summed E-state index contributed by atoms with van der Waals surface area (Å²) in [7, 11) is 1.89. The highest BCUT2D eigenvalue weighted by Crippen LogP contribution is 2.38. The lowest BCUT2D eigenvalue weighted by molar-refractivity contribution is 0.419. The fourth-order valence-electron chi connectivity index (χ4n) is 2.26. The van der Waals surface area contributed by atoms with Crippen LogP contribution < -0.4 is 5.32 Å². The fourth-order valence-corrected chi connectivity index (χ4v) is 3.41. The Morgan fingerprint density at radius 3 is 2.86 bits per heavy atom. The molecule has 0 spiro atoms. The van der Waals surface area contributed by atoms with Gasteiger partial charge in [0.2, 0.25) is 0 Å². The van der Waals surface area contributed by atoms with Gasteiger partial charge in [-0.1, -0.05) is 11.2 Å². The van der Waals surface area contributed by atoms with Gasteiger partial charge in [0.05, 0.1) is 4.88 Å². The summed E-state index contributed by atoms with van der Waals surface area (Å²) in [6.45, 7) is 3.94. The van der Waals surface area contributed by atoms with E-state index in [2.05, 4.69) is 22.4 Å². The molecule has 0 saturated carbocycles. The lowest BCUT2D eigenvalue weighted by Crippen LogP contribution is -2.24. The predicted octanol–water partition coefficient (Wildman–Crippen LogP) is 3.97. The third-order valence-electron chi connectivity index (χ3n) is 3.55. The quantitative estimate of drug-likeness (QED) is 0.780. The third kappa shape index (κ3) is 2.99. The van der Waals surface area contributed by atoms with E-state index in [1.165, 1.54) is 17.4 Å². The molecule has 0 fully saturated rings. The second kappa shape index (κ2) is 6.73. The molecule has 1 N–H and O–H groups in total.